The van der Waals surface area contributed by atoms with Crippen molar-refractivity contribution in [2.24, 2.45) is 0 Å². The number of fused-ring (bicyclic) bond motifs is 8. The lowest BCUT2D eigenvalue weighted by Crippen LogP contribution is -2.19. The summed E-state index contributed by atoms with van der Waals surface area (Å²) < 4.78 is 2.35. The van der Waals surface area contributed by atoms with E-state index in [0.717, 1.165) is 83.5 Å². The number of nitrogens with zero attached hydrogens (tertiary/aromatic N) is 6. The van der Waals surface area contributed by atoms with E-state index >= 15 is 0 Å². The van der Waals surface area contributed by atoms with Gasteiger partial charge in [0.05, 0.1) is 38.8 Å². The Morgan fingerprint density at radius 1 is 0.411 bits per heavy atom. The van der Waals surface area contributed by atoms with Crippen LogP contribution < -0.4 is 4.90 Å². The molecule has 6 heteroatoms. The molecule has 12 rings (SSSR count). The van der Waals surface area contributed by atoms with Gasteiger partial charge in [-0.2, -0.15) is 0 Å². The quantitative estimate of drug-likeness (QED) is 0.170. The average molecular weight is 715 g/mol. The molecule has 4 aromatic heterocycles. The SMILES string of the molecule is c1ccc(-c2nc(N3c4ccc(-c5ccc6c(c5)c5ccccc5n6-c5ccccc5)cc4-c4nccc5c4c3nc3ccccc35)c3ccccc3n2)cc1. The monoisotopic (exact) mass is 714 g/mol. The van der Waals surface area contributed by atoms with Gasteiger partial charge in [0.2, 0.25) is 0 Å². The molecule has 0 radical (unpaired) electrons. The van der Waals surface area contributed by atoms with Gasteiger partial charge in [0, 0.05) is 44.6 Å². The summed E-state index contributed by atoms with van der Waals surface area (Å²) in [6.45, 7) is 0. The number of benzene rings is 7. The third kappa shape index (κ3) is 4.50. The fourth-order valence-electron chi connectivity index (χ4n) is 8.63. The first kappa shape index (κ1) is 30.7. The molecule has 0 aliphatic carbocycles. The van der Waals surface area contributed by atoms with Crippen molar-refractivity contribution in [3.05, 3.63) is 182 Å². The number of rotatable bonds is 4. The lowest BCUT2D eigenvalue weighted by molar-refractivity contribution is 1.12. The second-order valence-corrected chi connectivity index (χ2v) is 14.3. The number of anilines is 3. The molecule has 0 fully saturated rings. The molecule has 11 aromatic rings. The van der Waals surface area contributed by atoms with E-state index in [1.54, 1.807) is 0 Å². The highest BCUT2D eigenvalue weighted by atomic mass is 15.3. The van der Waals surface area contributed by atoms with Crippen molar-refractivity contribution >= 4 is 71.7 Å². The fourth-order valence-corrected chi connectivity index (χ4v) is 8.63. The Bertz CT molecular complexity index is 3370. The summed E-state index contributed by atoms with van der Waals surface area (Å²) >= 11 is 0. The van der Waals surface area contributed by atoms with Crippen LogP contribution in [0, 0.1) is 0 Å². The fraction of sp³-hybridized carbons (Fsp3) is 0. The van der Waals surface area contributed by atoms with Crippen LogP contribution >= 0.6 is 0 Å². The zero-order chi connectivity index (χ0) is 36.7. The van der Waals surface area contributed by atoms with Crippen LogP contribution in [-0.4, -0.2) is 24.5 Å². The molecule has 0 amide bonds. The molecule has 0 atom stereocenters. The molecule has 7 aromatic carbocycles. The summed E-state index contributed by atoms with van der Waals surface area (Å²) in [5.41, 5.74) is 11.4. The van der Waals surface area contributed by atoms with E-state index in [2.05, 4.69) is 155 Å². The Kier molecular flexibility index (Phi) is 6.53. The van der Waals surface area contributed by atoms with Gasteiger partial charge in [0.25, 0.3) is 0 Å². The van der Waals surface area contributed by atoms with Crippen LogP contribution in [0.3, 0.4) is 0 Å². The first-order valence-electron chi connectivity index (χ1n) is 18.8. The van der Waals surface area contributed by atoms with Crippen LogP contribution in [0.15, 0.2) is 182 Å². The van der Waals surface area contributed by atoms with Crippen molar-refractivity contribution in [1.29, 1.82) is 0 Å². The van der Waals surface area contributed by atoms with Gasteiger partial charge < -0.3 is 4.57 Å². The van der Waals surface area contributed by atoms with Gasteiger partial charge in [-0.25, -0.2) is 15.0 Å². The summed E-state index contributed by atoms with van der Waals surface area (Å²) in [7, 11) is 0. The van der Waals surface area contributed by atoms with E-state index in [1.165, 1.54) is 21.8 Å². The third-order valence-electron chi connectivity index (χ3n) is 11.1. The number of hydrogen-bond donors (Lipinski definition) is 0. The zero-order valence-corrected chi connectivity index (χ0v) is 30.0. The van der Waals surface area contributed by atoms with E-state index in [-0.39, 0.29) is 0 Å². The summed E-state index contributed by atoms with van der Waals surface area (Å²) in [5, 5.41) is 6.57. The van der Waals surface area contributed by atoms with Crippen molar-refractivity contribution in [1.82, 2.24) is 24.5 Å². The molecule has 1 aliphatic heterocycles. The van der Waals surface area contributed by atoms with E-state index in [4.69, 9.17) is 19.9 Å². The van der Waals surface area contributed by atoms with Crippen molar-refractivity contribution in [2.45, 2.75) is 0 Å². The second-order valence-electron chi connectivity index (χ2n) is 14.3. The minimum absolute atomic E-state index is 0.662. The van der Waals surface area contributed by atoms with Gasteiger partial charge in [-0.15, -0.1) is 0 Å². The minimum Gasteiger partial charge on any atom is -0.309 e. The summed E-state index contributed by atoms with van der Waals surface area (Å²) in [6.07, 6.45) is 1.93. The summed E-state index contributed by atoms with van der Waals surface area (Å²) in [6, 6.07) is 61.7. The summed E-state index contributed by atoms with van der Waals surface area (Å²) in [5.74, 6) is 2.24. The second kappa shape index (κ2) is 11.9. The lowest BCUT2D eigenvalue weighted by atomic mass is 9.92. The van der Waals surface area contributed by atoms with Crippen LogP contribution in [0.4, 0.5) is 17.3 Å². The number of para-hydroxylation sites is 4. The van der Waals surface area contributed by atoms with Crippen LogP contribution in [0.25, 0.3) is 93.8 Å². The molecular weight excluding hydrogens is 685 g/mol. The molecular formula is C50H30N6. The molecule has 6 nitrogen and oxygen atoms in total. The number of hydrogen-bond acceptors (Lipinski definition) is 5. The Balaban J connectivity index is 1.13. The van der Waals surface area contributed by atoms with E-state index in [1.807, 2.05) is 36.5 Å². The Labute approximate surface area is 321 Å². The molecule has 1 aliphatic rings. The maximum Gasteiger partial charge on any atom is 0.162 e. The van der Waals surface area contributed by atoms with Crippen LogP contribution in [0.5, 0.6) is 0 Å². The van der Waals surface area contributed by atoms with Gasteiger partial charge in [-0.3, -0.25) is 9.88 Å². The zero-order valence-electron chi connectivity index (χ0n) is 30.0. The van der Waals surface area contributed by atoms with Crippen molar-refractivity contribution in [3.8, 4) is 39.5 Å². The molecule has 260 valence electrons. The molecule has 0 spiro atoms. The van der Waals surface area contributed by atoms with Crippen molar-refractivity contribution in [3.63, 3.8) is 0 Å². The highest BCUT2D eigenvalue weighted by Crippen LogP contribution is 2.52. The van der Waals surface area contributed by atoms with Crippen molar-refractivity contribution < 1.29 is 0 Å². The normalized spacial score (nSPS) is 12.2. The van der Waals surface area contributed by atoms with Gasteiger partial charge in [-0.05, 0) is 83.2 Å². The van der Waals surface area contributed by atoms with Gasteiger partial charge in [0.1, 0.15) is 5.82 Å². The number of aromatic nitrogens is 5. The molecule has 0 N–H and O–H groups in total. The Morgan fingerprint density at radius 3 is 1.91 bits per heavy atom. The Morgan fingerprint density at radius 2 is 1.07 bits per heavy atom. The maximum atomic E-state index is 5.39. The first-order valence-corrected chi connectivity index (χ1v) is 18.8. The van der Waals surface area contributed by atoms with E-state index < -0.39 is 0 Å². The standard InChI is InChI=1S/C50H30N6/c1-3-13-31(14-4-1)48-52-42-21-11-8-19-38(42)49(54-48)56-45-26-24-33(30-40(45)47-46-37(27-28-51-47)35-17-7-10-20-41(35)53-50(46)56)32-23-25-44-39(29-32)36-18-9-12-22-43(36)55(44)34-15-5-2-6-16-34/h1-30H. The topological polar surface area (TPSA) is 59.7 Å². The minimum atomic E-state index is 0.662. The first-order chi connectivity index (χ1) is 27.8. The molecule has 0 saturated carbocycles. The van der Waals surface area contributed by atoms with Gasteiger partial charge in [-0.1, -0.05) is 109 Å². The highest BCUT2D eigenvalue weighted by Gasteiger charge is 2.32. The van der Waals surface area contributed by atoms with Gasteiger partial charge >= 0.3 is 0 Å². The number of pyridine rings is 2. The van der Waals surface area contributed by atoms with E-state index in [0.29, 0.717) is 5.82 Å². The molecule has 0 saturated heterocycles. The van der Waals surface area contributed by atoms with Gasteiger partial charge in [0.15, 0.2) is 11.6 Å². The average Bonchev–Trinajstić information content (AvgIpc) is 3.60. The summed E-state index contributed by atoms with van der Waals surface area (Å²) in [4.78, 5) is 23.1. The molecule has 5 heterocycles. The maximum absolute atomic E-state index is 5.39. The van der Waals surface area contributed by atoms with Crippen LogP contribution in [-0.2, 0) is 0 Å². The molecule has 0 bridgehead atoms. The lowest BCUT2D eigenvalue weighted by Gasteiger charge is -2.32. The smallest absolute Gasteiger partial charge is 0.162 e. The van der Waals surface area contributed by atoms with Crippen LogP contribution in [0.1, 0.15) is 0 Å². The van der Waals surface area contributed by atoms with Crippen molar-refractivity contribution in [2.75, 3.05) is 4.90 Å². The largest absolute Gasteiger partial charge is 0.309 e. The van der Waals surface area contributed by atoms with E-state index in [9.17, 15) is 0 Å². The third-order valence-corrected chi connectivity index (χ3v) is 11.1. The highest BCUT2D eigenvalue weighted by molar-refractivity contribution is 6.20. The predicted octanol–water partition coefficient (Wildman–Crippen LogP) is 12.6. The van der Waals surface area contributed by atoms with Crippen LogP contribution in [0.2, 0.25) is 0 Å². The molecule has 0 unspecified atom stereocenters. The molecule has 56 heavy (non-hydrogen) atoms. The predicted molar refractivity (Wildman–Crippen MR) is 229 cm³/mol. The Hall–Kier alpha value is -7.70.